The number of hydrogen-bond donors (Lipinski definition) is 1. The Bertz CT molecular complexity index is 1350. The number of aromatic amines is 1. The number of nitrogens with one attached hydrogen (secondary N) is 1. The molecule has 0 unspecified atom stereocenters. The van der Waals surface area contributed by atoms with Crippen LogP contribution >= 0.6 is 11.8 Å². The molecule has 0 bridgehead atoms. The molecule has 2 aromatic carbocycles. The highest BCUT2D eigenvalue weighted by Gasteiger charge is 2.17. The van der Waals surface area contributed by atoms with E-state index in [0.29, 0.717) is 40.8 Å². The molecule has 1 amide bonds. The number of fused-ring (bicyclic) bond motifs is 1. The van der Waals surface area contributed by atoms with Crippen molar-refractivity contribution >= 4 is 28.7 Å². The van der Waals surface area contributed by atoms with E-state index in [2.05, 4.69) is 15.1 Å². The van der Waals surface area contributed by atoms with Gasteiger partial charge in [0.05, 0.1) is 31.9 Å². The standard InChI is InChI=1S/C24H25N5O4S/c1-4-28(14-16-10-11-19(32-2)20(12-16)33-3)21(30)15-34-24-26-22-18(23(31)27-24)13-25-29(22)17-8-6-5-7-9-17/h5-13H,4,14-15H2,1-3H3,(H,26,27,31). The van der Waals surface area contributed by atoms with Crippen LogP contribution in [0, 0.1) is 0 Å². The van der Waals surface area contributed by atoms with Gasteiger partial charge in [0.1, 0.15) is 5.39 Å². The summed E-state index contributed by atoms with van der Waals surface area (Å²) >= 11 is 1.19. The van der Waals surface area contributed by atoms with E-state index in [0.717, 1.165) is 11.3 Å². The fourth-order valence-corrected chi connectivity index (χ4v) is 4.28. The molecule has 34 heavy (non-hydrogen) atoms. The van der Waals surface area contributed by atoms with Gasteiger partial charge in [-0.15, -0.1) is 0 Å². The van der Waals surface area contributed by atoms with Gasteiger partial charge in [-0.2, -0.15) is 5.10 Å². The molecular formula is C24H25N5O4S. The summed E-state index contributed by atoms with van der Waals surface area (Å²) in [5.74, 6) is 1.32. The monoisotopic (exact) mass is 479 g/mol. The molecule has 4 aromatic rings. The first-order valence-electron chi connectivity index (χ1n) is 10.7. The van der Waals surface area contributed by atoms with E-state index in [-0.39, 0.29) is 17.2 Å². The lowest BCUT2D eigenvalue weighted by molar-refractivity contribution is -0.128. The summed E-state index contributed by atoms with van der Waals surface area (Å²) in [6.07, 6.45) is 1.50. The number of benzene rings is 2. The average Bonchev–Trinajstić information content (AvgIpc) is 3.30. The first kappa shape index (κ1) is 23.4. The maximum absolute atomic E-state index is 12.9. The second kappa shape index (κ2) is 10.4. The van der Waals surface area contributed by atoms with Crippen LogP contribution in [-0.4, -0.2) is 57.1 Å². The van der Waals surface area contributed by atoms with Gasteiger partial charge in [0, 0.05) is 13.1 Å². The normalized spacial score (nSPS) is 10.9. The summed E-state index contributed by atoms with van der Waals surface area (Å²) in [7, 11) is 3.16. The fraction of sp³-hybridized carbons (Fsp3) is 0.250. The molecule has 1 N–H and O–H groups in total. The number of rotatable bonds is 9. The van der Waals surface area contributed by atoms with Gasteiger partial charge in [0.2, 0.25) is 5.91 Å². The minimum Gasteiger partial charge on any atom is -0.493 e. The van der Waals surface area contributed by atoms with Crippen LogP contribution < -0.4 is 15.0 Å². The molecule has 0 aliphatic heterocycles. The van der Waals surface area contributed by atoms with Crippen LogP contribution in [0.5, 0.6) is 11.5 Å². The van der Waals surface area contributed by atoms with Crippen LogP contribution in [0.25, 0.3) is 16.7 Å². The molecule has 0 saturated carbocycles. The lowest BCUT2D eigenvalue weighted by Crippen LogP contribution is -2.31. The Morgan fingerprint density at radius 2 is 1.88 bits per heavy atom. The summed E-state index contributed by atoms with van der Waals surface area (Å²) in [4.78, 5) is 34.5. The van der Waals surface area contributed by atoms with Crippen molar-refractivity contribution in [3.63, 3.8) is 0 Å². The van der Waals surface area contributed by atoms with Crippen LogP contribution in [0.3, 0.4) is 0 Å². The molecule has 0 fully saturated rings. The van der Waals surface area contributed by atoms with Gasteiger partial charge in [-0.1, -0.05) is 36.0 Å². The third kappa shape index (κ3) is 4.91. The zero-order valence-corrected chi connectivity index (χ0v) is 20.0. The van der Waals surface area contributed by atoms with Crippen molar-refractivity contribution in [1.82, 2.24) is 24.6 Å². The topological polar surface area (TPSA) is 102 Å². The SMILES string of the molecule is CCN(Cc1ccc(OC)c(OC)c1)C(=O)CSc1nc2c(cnn2-c2ccccc2)c(=O)[nH]1. The number of hydrogen-bond acceptors (Lipinski definition) is 7. The highest BCUT2D eigenvalue weighted by atomic mass is 32.2. The fourth-order valence-electron chi connectivity index (χ4n) is 3.52. The molecule has 0 saturated heterocycles. The Morgan fingerprint density at radius 1 is 1.12 bits per heavy atom. The van der Waals surface area contributed by atoms with Crippen molar-refractivity contribution < 1.29 is 14.3 Å². The maximum atomic E-state index is 12.9. The van der Waals surface area contributed by atoms with Gasteiger partial charge in [-0.25, -0.2) is 9.67 Å². The average molecular weight is 480 g/mol. The Kier molecular flexibility index (Phi) is 7.17. The Morgan fingerprint density at radius 3 is 2.59 bits per heavy atom. The smallest absolute Gasteiger partial charge is 0.262 e. The molecule has 0 aliphatic carbocycles. The van der Waals surface area contributed by atoms with E-state index in [1.54, 1.807) is 23.8 Å². The molecule has 0 atom stereocenters. The zero-order chi connectivity index (χ0) is 24.1. The molecular weight excluding hydrogens is 454 g/mol. The Labute approximate surface area is 200 Å². The Balaban J connectivity index is 1.49. The van der Waals surface area contributed by atoms with Crippen molar-refractivity contribution in [2.75, 3.05) is 26.5 Å². The highest BCUT2D eigenvalue weighted by molar-refractivity contribution is 7.99. The quantitative estimate of drug-likeness (QED) is 0.290. The van der Waals surface area contributed by atoms with Crippen molar-refractivity contribution in [2.45, 2.75) is 18.6 Å². The third-order valence-electron chi connectivity index (χ3n) is 5.31. The molecule has 10 heteroatoms. The molecule has 2 heterocycles. The largest absolute Gasteiger partial charge is 0.493 e. The summed E-state index contributed by atoms with van der Waals surface area (Å²) in [5.41, 5.74) is 1.88. The predicted octanol–water partition coefficient (Wildman–Crippen LogP) is 3.27. The van der Waals surface area contributed by atoms with Gasteiger partial charge < -0.3 is 19.4 Å². The van der Waals surface area contributed by atoms with Gasteiger partial charge >= 0.3 is 0 Å². The summed E-state index contributed by atoms with van der Waals surface area (Å²) in [5, 5.41) is 5.07. The van der Waals surface area contributed by atoms with Gasteiger partial charge in [0.25, 0.3) is 5.56 Å². The van der Waals surface area contributed by atoms with Crippen LogP contribution in [0.1, 0.15) is 12.5 Å². The van der Waals surface area contributed by atoms with Crippen molar-refractivity contribution in [1.29, 1.82) is 0 Å². The van der Waals surface area contributed by atoms with Gasteiger partial charge in [0.15, 0.2) is 22.3 Å². The molecule has 0 aliphatic rings. The van der Waals surface area contributed by atoms with E-state index in [9.17, 15) is 9.59 Å². The number of thioether (sulfide) groups is 1. The second-order valence-electron chi connectivity index (χ2n) is 7.39. The molecule has 0 radical (unpaired) electrons. The van der Waals surface area contributed by atoms with Crippen LogP contribution in [0.2, 0.25) is 0 Å². The number of methoxy groups -OCH3 is 2. The molecule has 2 aromatic heterocycles. The number of carbonyl (C=O) groups excluding carboxylic acids is 1. The van der Waals surface area contributed by atoms with Crippen LogP contribution in [0.4, 0.5) is 0 Å². The van der Waals surface area contributed by atoms with E-state index < -0.39 is 0 Å². The van der Waals surface area contributed by atoms with Crippen molar-refractivity contribution in [3.8, 4) is 17.2 Å². The second-order valence-corrected chi connectivity index (χ2v) is 8.35. The predicted molar refractivity (Wildman–Crippen MR) is 131 cm³/mol. The number of aromatic nitrogens is 4. The van der Waals surface area contributed by atoms with Crippen molar-refractivity contribution in [2.24, 2.45) is 0 Å². The summed E-state index contributed by atoms with van der Waals surface area (Å²) in [6.45, 7) is 2.89. The van der Waals surface area contributed by atoms with E-state index >= 15 is 0 Å². The minimum absolute atomic E-state index is 0.0680. The zero-order valence-electron chi connectivity index (χ0n) is 19.1. The lowest BCUT2D eigenvalue weighted by atomic mass is 10.2. The number of ether oxygens (including phenoxy) is 2. The van der Waals surface area contributed by atoms with Gasteiger partial charge in [-0.3, -0.25) is 9.59 Å². The lowest BCUT2D eigenvalue weighted by Gasteiger charge is -2.21. The number of carbonyl (C=O) groups is 1. The number of amides is 1. The van der Waals surface area contributed by atoms with E-state index in [1.807, 2.05) is 55.5 Å². The third-order valence-corrected chi connectivity index (χ3v) is 6.16. The number of H-pyrrole nitrogens is 1. The van der Waals surface area contributed by atoms with Crippen molar-refractivity contribution in [3.05, 3.63) is 70.6 Å². The number of nitrogens with zero attached hydrogens (tertiary/aromatic N) is 4. The van der Waals surface area contributed by atoms with E-state index in [4.69, 9.17) is 9.47 Å². The van der Waals surface area contributed by atoms with Gasteiger partial charge in [-0.05, 0) is 36.8 Å². The Hall–Kier alpha value is -3.79. The molecule has 4 rings (SSSR count). The van der Waals surface area contributed by atoms with E-state index in [1.165, 1.54) is 18.0 Å². The summed E-state index contributed by atoms with van der Waals surface area (Å²) in [6, 6.07) is 15.1. The minimum atomic E-state index is -0.292. The summed E-state index contributed by atoms with van der Waals surface area (Å²) < 4.78 is 12.3. The highest BCUT2D eigenvalue weighted by Crippen LogP contribution is 2.28. The van der Waals surface area contributed by atoms with Crippen LogP contribution in [-0.2, 0) is 11.3 Å². The molecule has 176 valence electrons. The van der Waals surface area contributed by atoms with Crippen LogP contribution in [0.15, 0.2) is 64.7 Å². The molecule has 0 spiro atoms. The first-order valence-corrected chi connectivity index (χ1v) is 11.7. The number of para-hydroxylation sites is 1. The maximum Gasteiger partial charge on any atom is 0.262 e. The first-order chi connectivity index (χ1) is 16.5. The molecule has 9 nitrogen and oxygen atoms in total.